The topological polar surface area (TPSA) is 69.7 Å². The van der Waals surface area contributed by atoms with Gasteiger partial charge in [0.15, 0.2) is 0 Å². The van der Waals surface area contributed by atoms with Crippen LogP contribution in [0.5, 0.6) is 0 Å². The van der Waals surface area contributed by atoms with Crippen LogP contribution in [-0.2, 0) is 21.4 Å². The number of sulfonamides is 1. The molecule has 1 fully saturated rings. The fraction of sp³-hybridized carbons (Fsp3) is 0.350. The van der Waals surface area contributed by atoms with Gasteiger partial charge >= 0.3 is 0 Å². The van der Waals surface area contributed by atoms with Gasteiger partial charge in [-0.3, -0.25) is 9.69 Å². The average Bonchev–Trinajstić information content (AvgIpc) is 3.09. The van der Waals surface area contributed by atoms with Crippen LogP contribution >= 0.6 is 0 Å². The zero-order valence-electron chi connectivity index (χ0n) is 15.7. The lowest BCUT2D eigenvalue weighted by atomic mass is 10.2. The number of likely N-dealkylation sites (tertiary alicyclic amines) is 1. The SMILES string of the molecule is CN(CC(=O)NC1CCN(Cc2ccccc2)C1)S(=O)(=O)c1ccc(F)cc1. The predicted octanol–water partition coefficient (Wildman–Crippen LogP) is 1.84. The van der Waals surface area contributed by atoms with E-state index < -0.39 is 15.8 Å². The molecule has 1 aliphatic heterocycles. The van der Waals surface area contributed by atoms with E-state index in [1.54, 1.807) is 0 Å². The van der Waals surface area contributed by atoms with E-state index in [1.807, 2.05) is 18.2 Å². The second-order valence-corrected chi connectivity index (χ2v) is 9.03. The molecular weight excluding hydrogens is 381 g/mol. The number of carbonyl (C=O) groups is 1. The molecule has 1 N–H and O–H groups in total. The molecule has 3 rings (SSSR count). The number of likely N-dealkylation sites (N-methyl/N-ethyl adjacent to an activating group) is 1. The van der Waals surface area contributed by atoms with Gasteiger partial charge in [0.05, 0.1) is 11.4 Å². The van der Waals surface area contributed by atoms with Gasteiger partial charge in [-0.2, -0.15) is 4.31 Å². The summed E-state index contributed by atoms with van der Waals surface area (Å²) in [5, 5.41) is 2.91. The molecule has 0 spiro atoms. The number of rotatable bonds is 7. The molecule has 0 radical (unpaired) electrons. The Morgan fingerprint density at radius 1 is 1.18 bits per heavy atom. The molecule has 2 aromatic rings. The van der Waals surface area contributed by atoms with Crippen LogP contribution in [0.3, 0.4) is 0 Å². The van der Waals surface area contributed by atoms with Crippen LogP contribution in [0.15, 0.2) is 59.5 Å². The fourth-order valence-corrected chi connectivity index (χ4v) is 4.41. The lowest BCUT2D eigenvalue weighted by Crippen LogP contribution is -2.43. The lowest BCUT2D eigenvalue weighted by molar-refractivity contribution is -0.121. The smallest absolute Gasteiger partial charge is 0.243 e. The summed E-state index contributed by atoms with van der Waals surface area (Å²) in [7, 11) is -2.50. The third-order valence-corrected chi connectivity index (χ3v) is 6.59. The van der Waals surface area contributed by atoms with Crippen LogP contribution in [0.2, 0.25) is 0 Å². The molecule has 2 aromatic carbocycles. The summed E-state index contributed by atoms with van der Waals surface area (Å²) in [5.41, 5.74) is 1.22. The molecule has 1 amide bonds. The van der Waals surface area contributed by atoms with E-state index in [9.17, 15) is 17.6 Å². The third-order valence-electron chi connectivity index (χ3n) is 4.77. The third kappa shape index (κ3) is 5.15. The van der Waals surface area contributed by atoms with Crippen LogP contribution in [-0.4, -0.2) is 56.3 Å². The molecular formula is C20H24FN3O3S. The molecule has 28 heavy (non-hydrogen) atoms. The molecule has 0 bridgehead atoms. The molecule has 0 saturated carbocycles. The number of amides is 1. The molecule has 1 heterocycles. The van der Waals surface area contributed by atoms with Crippen LogP contribution < -0.4 is 5.32 Å². The summed E-state index contributed by atoms with van der Waals surface area (Å²) < 4.78 is 39.0. The molecule has 1 unspecified atom stereocenters. The summed E-state index contributed by atoms with van der Waals surface area (Å²) in [6, 6.07) is 14.7. The second-order valence-electron chi connectivity index (χ2n) is 6.99. The molecule has 1 saturated heterocycles. The Morgan fingerprint density at radius 2 is 1.86 bits per heavy atom. The van der Waals surface area contributed by atoms with Crippen LogP contribution in [0, 0.1) is 5.82 Å². The van der Waals surface area contributed by atoms with Crippen LogP contribution in [0.4, 0.5) is 4.39 Å². The summed E-state index contributed by atoms with van der Waals surface area (Å²) in [6.07, 6.45) is 0.826. The van der Waals surface area contributed by atoms with Crippen LogP contribution in [0.1, 0.15) is 12.0 Å². The summed E-state index contributed by atoms with van der Waals surface area (Å²) >= 11 is 0. The molecule has 1 atom stereocenters. The molecule has 6 nitrogen and oxygen atoms in total. The van der Waals surface area contributed by atoms with Crippen molar-refractivity contribution in [1.29, 1.82) is 0 Å². The van der Waals surface area contributed by atoms with E-state index in [-0.39, 0.29) is 23.4 Å². The maximum absolute atomic E-state index is 13.0. The van der Waals surface area contributed by atoms with E-state index in [1.165, 1.54) is 24.7 Å². The largest absolute Gasteiger partial charge is 0.351 e. The van der Waals surface area contributed by atoms with Gasteiger partial charge in [-0.25, -0.2) is 12.8 Å². The Morgan fingerprint density at radius 3 is 2.54 bits per heavy atom. The minimum Gasteiger partial charge on any atom is -0.351 e. The normalized spacial score (nSPS) is 17.8. The van der Waals surface area contributed by atoms with E-state index in [0.717, 1.165) is 42.5 Å². The predicted molar refractivity (Wildman–Crippen MR) is 104 cm³/mol. The Labute approximate surface area is 165 Å². The molecule has 150 valence electrons. The van der Waals surface area contributed by atoms with Gasteiger partial charge in [-0.15, -0.1) is 0 Å². The molecule has 1 aliphatic rings. The first-order valence-electron chi connectivity index (χ1n) is 9.12. The number of carbonyl (C=O) groups excluding carboxylic acids is 1. The Kier molecular flexibility index (Phi) is 6.43. The highest BCUT2D eigenvalue weighted by Gasteiger charge is 2.27. The number of nitrogens with one attached hydrogen (secondary N) is 1. The van der Waals surface area contributed by atoms with Crippen molar-refractivity contribution >= 4 is 15.9 Å². The van der Waals surface area contributed by atoms with E-state index >= 15 is 0 Å². The Hall–Kier alpha value is -2.29. The van der Waals surface area contributed by atoms with Gasteiger partial charge in [-0.1, -0.05) is 30.3 Å². The number of nitrogens with zero attached hydrogens (tertiary/aromatic N) is 2. The van der Waals surface area contributed by atoms with Crippen molar-refractivity contribution in [1.82, 2.24) is 14.5 Å². The number of hydrogen-bond donors (Lipinski definition) is 1. The minimum absolute atomic E-state index is 0.00172. The molecule has 8 heteroatoms. The van der Waals surface area contributed by atoms with Gasteiger partial charge in [0, 0.05) is 32.7 Å². The van der Waals surface area contributed by atoms with Crippen molar-refractivity contribution in [2.24, 2.45) is 0 Å². The Balaban J connectivity index is 1.50. The van der Waals surface area contributed by atoms with Gasteiger partial charge in [0.25, 0.3) is 0 Å². The van der Waals surface area contributed by atoms with E-state index in [2.05, 4.69) is 22.3 Å². The molecule has 0 aliphatic carbocycles. The van der Waals surface area contributed by atoms with E-state index in [4.69, 9.17) is 0 Å². The van der Waals surface area contributed by atoms with Crippen LogP contribution in [0.25, 0.3) is 0 Å². The van der Waals surface area contributed by atoms with E-state index in [0.29, 0.717) is 0 Å². The first kappa shape index (κ1) is 20.4. The highest BCUT2D eigenvalue weighted by molar-refractivity contribution is 7.89. The minimum atomic E-state index is -3.84. The summed E-state index contributed by atoms with van der Waals surface area (Å²) in [6.45, 7) is 2.15. The quantitative estimate of drug-likeness (QED) is 0.763. The fourth-order valence-electron chi connectivity index (χ4n) is 3.28. The van der Waals surface area contributed by atoms with Crippen molar-refractivity contribution < 1.29 is 17.6 Å². The highest BCUT2D eigenvalue weighted by atomic mass is 32.2. The van der Waals surface area contributed by atoms with Crippen molar-refractivity contribution in [3.8, 4) is 0 Å². The number of hydrogen-bond acceptors (Lipinski definition) is 4. The first-order valence-corrected chi connectivity index (χ1v) is 10.6. The van der Waals surface area contributed by atoms with Gasteiger partial charge in [0.2, 0.25) is 15.9 Å². The zero-order valence-corrected chi connectivity index (χ0v) is 16.5. The van der Waals surface area contributed by atoms with Crippen molar-refractivity contribution in [2.75, 3.05) is 26.7 Å². The van der Waals surface area contributed by atoms with Crippen molar-refractivity contribution in [3.05, 3.63) is 66.0 Å². The number of halogens is 1. The second kappa shape index (κ2) is 8.81. The lowest BCUT2D eigenvalue weighted by Gasteiger charge is -2.19. The first-order chi connectivity index (χ1) is 13.3. The van der Waals surface area contributed by atoms with Gasteiger partial charge in [0.1, 0.15) is 5.82 Å². The summed E-state index contributed by atoms with van der Waals surface area (Å²) in [5.74, 6) is -0.861. The van der Waals surface area contributed by atoms with Crippen molar-refractivity contribution in [3.63, 3.8) is 0 Å². The van der Waals surface area contributed by atoms with Crippen molar-refractivity contribution in [2.45, 2.75) is 23.9 Å². The number of benzene rings is 2. The standard InChI is InChI=1S/C20H24FN3O3S/c1-23(28(26,27)19-9-7-17(21)8-10-19)15-20(25)22-18-11-12-24(14-18)13-16-5-3-2-4-6-16/h2-10,18H,11-15H2,1H3,(H,22,25). The highest BCUT2D eigenvalue weighted by Crippen LogP contribution is 2.16. The maximum Gasteiger partial charge on any atom is 0.243 e. The monoisotopic (exact) mass is 405 g/mol. The molecule has 0 aromatic heterocycles. The maximum atomic E-state index is 13.0. The Bertz CT molecular complexity index is 904. The summed E-state index contributed by atoms with van der Waals surface area (Å²) in [4.78, 5) is 14.5. The van der Waals surface area contributed by atoms with Gasteiger partial charge in [-0.05, 0) is 36.2 Å². The zero-order chi connectivity index (χ0) is 20.1. The average molecular weight is 405 g/mol. The van der Waals surface area contributed by atoms with Gasteiger partial charge < -0.3 is 5.32 Å².